The lowest BCUT2D eigenvalue weighted by Gasteiger charge is -2.08. The molecule has 0 aliphatic carbocycles. The van der Waals surface area contributed by atoms with Crippen molar-refractivity contribution in [3.63, 3.8) is 0 Å². The maximum Gasteiger partial charge on any atom is 0.435 e. The molecule has 18 heavy (non-hydrogen) atoms. The van der Waals surface area contributed by atoms with Gasteiger partial charge in [0.15, 0.2) is 11.5 Å². The van der Waals surface area contributed by atoms with Crippen molar-refractivity contribution >= 4 is 0 Å². The summed E-state index contributed by atoms with van der Waals surface area (Å²) >= 11 is 0. The lowest BCUT2D eigenvalue weighted by molar-refractivity contribution is -0.141. The number of aromatic nitrogens is 3. The molecule has 0 amide bonds. The molecule has 0 spiro atoms. The molecule has 0 saturated heterocycles. The van der Waals surface area contributed by atoms with Gasteiger partial charge in [0.25, 0.3) is 0 Å². The van der Waals surface area contributed by atoms with Gasteiger partial charge in [-0.25, -0.2) is 9.67 Å². The van der Waals surface area contributed by atoms with Crippen LogP contribution in [0.5, 0.6) is 0 Å². The van der Waals surface area contributed by atoms with E-state index >= 15 is 0 Å². The Labute approximate surface area is 101 Å². The molecule has 2 heterocycles. The third kappa shape index (κ3) is 2.35. The first-order valence-electron chi connectivity index (χ1n) is 5.21. The number of nitrogens with two attached hydrogens (primary N) is 1. The molecule has 0 aromatic carbocycles. The maximum absolute atomic E-state index is 12.5. The van der Waals surface area contributed by atoms with Crippen LogP contribution in [0, 0.1) is 6.92 Å². The van der Waals surface area contributed by atoms with Gasteiger partial charge in [-0.05, 0) is 19.1 Å². The number of halogens is 3. The fourth-order valence-corrected chi connectivity index (χ4v) is 1.52. The quantitative estimate of drug-likeness (QED) is 0.894. The van der Waals surface area contributed by atoms with Crippen LogP contribution >= 0.6 is 0 Å². The zero-order chi connectivity index (χ0) is 13.3. The number of hydrogen-bond acceptors (Lipinski definition) is 3. The standard InChI is InChI=1S/C11H11F3N4/c1-7-2-3-8(6-15)10(16-7)18-5-4-9(17-18)11(12,13)14/h2-5H,6,15H2,1H3. The van der Waals surface area contributed by atoms with E-state index in [0.717, 1.165) is 10.7 Å². The SMILES string of the molecule is Cc1ccc(CN)c(-n2ccc(C(F)(F)F)n2)n1. The highest BCUT2D eigenvalue weighted by atomic mass is 19.4. The monoisotopic (exact) mass is 256 g/mol. The molecule has 0 radical (unpaired) electrons. The van der Waals surface area contributed by atoms with E-state index in [1.807, 2.05) is 0 Å². The van der Waals surface area contributed by atoms with E-state index in [9.17, 15) is 13.2 Å². The van der Waals surface area contributed by atoms with Gasteiger partial charge in [-0.2, -0.15) is 18.3 Å². The van der Waals surface area contributed by atoms with Crippen molar-refractivity contribution in [2.45, 2.75) is 19.6 Å². The Kier molecular flexibility index (Phi) is 3.08. The first-order valence-corrected chi connectivity index (χ1v) is 5.21. The van der Waals surface area contributed by atoms with Gasteiger partial charge in [0.05, 0.1) is 0 Å². The molecule has 2 N–H and O–H groups in total. The highest BCUT2D eigenvalue weighted by Gasteiger charge is 2.33. The fraction of sp³-hybridized carbons (Fsp3) is 0.273. The molecule has 7 heteroatoms. The van der Waals surface area contributed by atoms with Gasteiger partial charge in [0.2, 0.25) is 0 Å². The number of rotatable bonds is 2. The fourth-order valence-electron chi connectivity index (χ4n) is 1.52. The van der Waals surface area contributed by atoms with E-state index in [2.05, 4.69) is 10.1 Å². The molecule has 96 valence electrons. The summed E-state index contributed by atoms with van der Waals surface area (Å²) in [5.74, 6) is 0.327. The Bertz CT molecular complexity index is 560. The second-order valence-electron chi connectivity index (χ2n) is 3.78. The number of pyridine rings is 1. The van der Waals surface area contributed by atoms with Crippen LogP contribution in [-0.4, -0.2) is 14.8 Å². The predicted octanol–water partition coefficient (Wildman–Crippen LogP) is 2.05. The minimum Gasteiger partial charge on any atom is -0.326 e. The van der Waals surface area contributed by atoms with Crippen LogP contribution in [0.4, 0.5) is 13.2 Å². The van der Waals surface area contributed by atoms with Crippen molar-refractivity contribution in [2.75, 3.05) is 0 Å². The lowest BCUT2D eigenvalue weighted by atomic mass is 10.2. The highest BCUT2D eigenvalue weighted by Crippen LogP contribution is 2.28. The zero-order valence-electron chi connectivity index (χ0n) is 9.57. The molecule has 2 aromatic heterocycles. The average molecular weight is 256 g/mol. The second kappa shape index (κ2) is 4.41. The van der Waals surface area contributed by atoms with E-state index in [1.165, 1.54) is 6.20 Å². The third-order valence-electron chi connectivity index (χ3n) is 2.41. The largest absolute Gasteiger partial charge is 0.435 e. The third-order valence-corrected chi connectivity index (χ3v) is 2.41. The predicted molar refractivity (Wildman–Crippen MR) is 59.0 cm³/mol. The highest BCUT2D eigenvalue weighted by molar-refractivity contribution is 5.34. The molecule has 0 atom stereocenters. The van der Waals surface area contributed by atoms with Crippen LogP contribution in [0.3, 0.4) is 0 Å². The Morgan fingerprint density at radius 1 is 1.28 bits per heavy atom. The first kappa shape index (κ1) is 12.6. The number of aryl methyl sites for hydroxylation is 1. The van der Waals surface area contributed by atoms with Gasteiger partial charge in [-0.3, -0.25) is 0 Å². The minimum atomic E-state index is -4.46. The van der Waals surface area contributed by atoms with Crippen molar-refractivity contribution in [1.29, 1.82) is 0 Å². The van der Waals surface area contributed by atoms with Crippen LogP contribution in [0.1, 0.15) is 17.0 Å². The Balaban J connectivity index is 2.49. The van der Waals surface area contributed by atoms with Crippen molar-refractivity contribution in [3.8, 4) is 5.82 Å². The molecule has 2 aromatic rings. The van der Waals surface area contributed by atoms with Crippen molar-refractivity contribution < 1.29 is 13.2 Å². The first-order chi connectivity index (χ1) is 8.41. The Morgan fingerprint density at radius 3 is 2.56 bits per heavy atom. The maximum atomic E-state index is 12.5. The van der Waals surface area contributed by atoms with Crippen LogP contribution in [-0.2, 0) is 12.7 Å². The van der Waals surface area contributed by atoms with E-state index in [4.69, 9.17) is 5.73 Å². The average Bonchev–Trinajstić information content (AvgIpc) is 2.77. The van der Waals surface area contributed by atoms with Gasteiger partial charge in [0.1, 0.15) is 0 Å². The molecular weight excluding hydrogens is 245 g/mol. The topological polar surface area (TPSA) is 56.7 Å². The van der Waals surface area contributed by atoms with E-state index < -0.39 is 11.9 Å². The molecule has 2 rings (SSSR count). The van der Waals surface area contributed by atoms with Crippen LogP contribution in [0.2, 0.25) is 0 Å². The summed E-state index contributed by atoms with van der Waals surface area (Å²) in [5.41, 5.74) is 5.90. The molecule has 0 unspecified atom stereocenters. The van der Waals surface area contributed by atoms with Gasteiger partial charge in [0, 0.05) is 24.0 Å². The van der Waals surface area contributed by atoms with Crippen LogP contribution in [0.25, 0.3) is 5.82 Å². The molecule has 0 aliphatic heterocycles. The molecule has 0 aliphatic rings. The summed E-state index contributed by atoms with van der Waals surface area (Å²) in [6, 6.07) is 4.39. The second-order valence-corrected chi connectivity index (χ2v) is 3.78. The molecule has 4 nitrogen and oxygen atoms in total. The summed E-state index contributed by atoms with van der Waals surface area (Å²) in [5, 5.41) is 3.48. The Morgan fingerprint density at radius 2 is 2.00 bits per heavy atom. The van der Waals surface area contributed by atoms with E-state index in [1.54, 1.807) is 19.1 Å². The summed E-state index contributed by atoms with van der Waals surface area (Å²) in [6.45, 7) is 1.93. The van der Waals surface area contributed by atoms with E-state index in [0.29, 0.717) is 17.1 Å². The Hall–Kier alpha value is -1.89. The summed E-state index contributed by atoms with van der Waals surface area (Å²) in [7, 11) is 0. The molecule has 0 saturated carbocycles. The smallest absolute Gasteiger partial charge is 0.326 e. The summed E-state index contributed by atoms with van der Waals surface area (Å²) in [4.78, 5) is 4.16. The summed E-state index contributed by atoms with van der Waals surface area (Å²) in [6.07, 6.45) is -3.23. The van der Waals surface area contributed by atoms with Gasteiger partial charge in [-0.1, -0.05) is 6.07 Å². The normalized spacial score (nSPS) is 11.8. The molecule has 0 fully saturated rings. The van der Waals surface area contributed by atoms with Crippen LogP contribution < -0.4 is 5.73 Å². The van der Waals surface area contributed by atoms with Crippen molar-refractivity contribution in [3.05, 3.63) is 41.3 Å². The van der Waals surface area contributed by atoms with Crippen molar-refractivity contribution in [2.24, 2.45) is 5.73 Å². The zero-order valence-corrected chi connectivity index (χ0v) is 9.57. The van der Waals surface area contributed by atoms with Gasteiger partial charge < -0.3 is 5.73 Å². The minimum absolute atomic E-state index is 0.184. The number of nitrogens with zero attached hydrogens (tertiary/aromatic N) is 3. The van der Waals surface area contributed by atoms with E-state index in [-0.39, 0.29) is 6.54 Å². The number of hydrogen-bond donors (Lipinski definition) is 1. The molecule has 0 bridgehead atoms. The lowest BCUT2D eigenvalue weighted by Crippen LogP contribution is -2.11. The summed E-state index contributed by atoms with van der Waals surface area (Å²) < 4.78 is 38.5. The van der Waals surface area contributed by atoms with Crippen molar-refractivity contribution in [1.82, 2.24) is 14.8 Å². The molecular formula is C11H11F3N4. The van der Waals surface area contributed by atoms with Gasteiger partial charge in [-0.15, -0.1) is 0 Å². The number of alkyl halides is 3. The van der Waals surface area contributed by atoms with Gasteiger partial charge >= 0.3 is 6.18 Å². The van der Waals surface area contributed by atoms with Crippen LogP contribution in [0.15, 0.2) is 24.4 Å².